The van der Waals surface area contributed by atoms with Crippen LogP contribution in [0.4, 0.5) is 5.13 Å². The first-order chi connectivity index (χ1) is 11.5. The molecule has 0 atom stereocenters. The monoisotopic (exact) mass is 340 g/mol. The number of rotatable bonds is 4. The Bertz CT molecular complexity index is 917. The zero-order valence-corrected chi connectivity index (χ0v) is 14.8. The van der Waals surface area contributed by atoms with Crippen molar-refractivity contribution in [1.29, 1.82) is 0 Å². The zero-order chi connectivity index (χ0) is 17.3. The van der Waals surface area contributed by atoms with E-state index in [1.807, 2.05) is 37.4 Å². The van der Waals surface area contributed by atoms with Gasteiger partial charge in [0.2, 0.25) is 0 Å². The number of thiazole rings is 1. The van der Waals surface area contributed by atoms with Gasteiger partial charge in [-0.15, -0.1) is 11.3 Å². The van der Waals surface area contributed by atoms with Crippen LogP contribution in [0, 0.1) is 20.8 Å². The predicted molar refractivity (Wildman–Crippen MR) is 98.5 cm³/mol. The summed E-state index contributed by atoms with van der Waals surface area (Å²) in [6.07, 6.45) is 0.666. The van der Waals surface area contributed by atoms with E-state index in [0.717, 1.165) is 27.9 Å². The van der Waals surface area contributed by atoms with Crippen molar-refractivity contribution in [3.05, 3.63) is 51.7 Å². The van der Waals surface area contributed by atoms with E-state index in [1.54, 1.807) is 0 Å². The minimum absolute atomic E-state index is 0.0862. The molecule has 5 nitrogen and oxygen atoms in total. The molecule has 124 valence electrons. The van der Waals surface area contributed by atoms with Gasteiger partial charge in [0.25, 0.3) is 5.91 Å². The van der Waals surface area contributed by atoms with E-state index < -0.39 is 0 Å². The Morgan fingerprint density at radius 2 is 2.04 bits per heavy atom. The number of hydrogen-bond donors (Lipinski definition) is 2. The molecule has 24 heavy (non-hydrogen) atoms. The summed E-state index contributed by atoms with van der Waals surface area (Å²) in [4.78, 5) is 21.4. The van der Waals surface area contributed by atoms with Gasteiger partial charge in [-0.3, -0.25) is 9.78 Å². The molecule has 6 heteroatoms. The predicted octanol–water partition coefficient (Wildman–Crippen LogP) is 3.17. The van der Waals surface area contributed by atoms with Crippen molar-refractivity contribution < 1.29 is 4.79 Å². The molecule has 1 amide bonds. The number of benzene rings is 1. The maximum absolute atomic E-state index is 12.6. The number of nitrogen functional groups attached to an aromatic ring is 1. The number of nitrogens with zero attached hydrogens (tertiary/aromatic N) is 2. The summed E-state index contributed by atoms with van der Waals surface area (Å²) in [5.41, 5.74) is 11.2. The van der Waals surface area contributed by atoms with Crippen molar-refractivity contribution in [2.75, 3.05) is 12.3 Å². The molecule has 0 spiro atoms. The van der Waals surface area contributed by atoms with E-state index in [0.29, 0.717) is 23.7 Å². The second kappa shape index (κ2) is 6.57. The van der Waals surface area contributed by atoms with E-state index in [2.05, 4.69) is 22.2 Å². The number of aryl methyl sites for hydroxylation is 3. The maximum atomic E-state index is 12.6. The third-order valence-corrected chi connectivity index (χ3v) is 4.84. The molecule has 0 aliphatic carbocycles. The fraction of sp³-hybridized carbons (Fsp3) is 0.278. The summed E-state index contributed by atoms with van der Waals surface area (Å²) in [6.45, 7) is 6.53. The number of nitrogens with two attached hydrogens (primary N) is 1. The van der Waals surface area contributed by atoms with Crippen molar-refractivity contribution in [3.63, 3.8) is 0 Å². The van der Waals surface area contributed by atoms with Crippen molar-refractivity contribution >= 4 is 33.3 Å². The van der Waals surface area contributed by atoms with Crippen LogP contribution in [0.15, 0.2) is 23.6 Å². The average molecular weight is 340 g/mol. The second-order valence-electron chi connectivity index (χ2n) is 5.90. The summed E-state index contributed by atoms with van der Waals surface area (Å²) in [5.74, 6) is -0.0862. The van der Waals surface area contributed by atoms with E-state index in [1.165, 1.54) is 16.9 Å². The fourth-order valence-corrected chi connectivity index (χ4v) is 3.28. The normalized spacial score (nSPS) is 11.0. The van der Waals surface area contributed by atoms with E-state index in [9.17, 15) is 4.79 Å². The lowest BCUT2D eigenvalue weighted by Gasteiger charge is -2.11. The van der Waals surface area contributed by atoms with E-state index >= 15 is 0 Å². The van der Waals surface area contributed by atoms with Crippen LogP contribution in [0.1, 0.15) is 32.9 Å². The average Bonchev–Trinajstić information content (AvgIpc) is 2.96. The molecule has 3 rings (SSSR count). The van der Waals surface area contributed by atoms with Gasteiger partial charge < -0.3 is 11.1 Å². The fourth-order valence-electron chi connectivity index (χ4n) is 2.68. The van der Waals surface area contributed by atoms with Crippen molar-refractivity contribution in [2.45, 2.75) is 27.2 Å². The smallest absolute Gasteiger partial charge is 0.252 e. The highest BCUT2D eigenvalue weighted by atomic mass is 32.1. The SMILES string of the molecule is Cc1cc(C(=O)NCCc2csc(N)n2)c2ccc(C)c(C)c2n1. The highest BCUT2D eigenvalue weighted by Gasteiger charge is 2.14. The Balaban J connectivity index is 1.83. The number of anilines is 1. The third kappa shape index (κ3) is 3.23. The molecule has 0 unspecified atom stereocenters. The number of carbonyl (C=O) groups is 1. The Labute approximate surface area is 144 Å². The summed E-state index contributed by atoms with van der Waals surface area (Å²) >= 11 is 1.41. The van der Waals surface area contributed by atoms with Crippen molar-refractivity contribution in [1.82, 2.24) is 15.3 Å². The van der Waals surface area contributed by atoms with Gasteiger partial charge in [0.15, 0.2) is 5.13 Å². The largest absolute Gasteiger partial charge is 0.375 e. The van der Waals surface area contributed by atoms with Gasteiger partial charge in [-0.25, -0.2) is 4.98 Å². The number of fused-ring (bicyclic) bond motifs is 1. The molecule has 2 heterocycles. The van der Waals surface area contributed by atoms with Crippen LogP contribution in [0.25, 0.3) is 10.9 Å². The highest BCUT2D eigenvalue weighted by Crippen LogP contribution is 2.24. The number of aromatic nitrogens is 2. The maximum Gasteiger partial charge on any atom is 0.252 e. The van der Waals surface area contributed by atoms with Gasteiger partial charge >= 0.3 is 0 Å². The zero-order valence-electron chi connectivity index (χ0n) is 14.0. The molecular weight excluding hydrogens is 320 g/mol. The third-order valence-electron chi connectivity index (χ3n) is 4.11. The minimum Gasteiger partial charge on any atom is -0.375 e. The number of nitrogens with one attached hydrogen (secondary N) is 1. The van der Waals surface area contributed by atoms with Gasteiger partial charge in [0.05, 0.1) is 16.8 Å². The molecule has 0 saturated heterocycles. The van der Waals surface area contributed by atoms with Crippen LogP contribution in [-0.2, 0) is 6.42 Å². The number of carbonyl (C=O) groups excluding carboxylic acids is 1. The molecule has 0 fully saturated rings. The first kappa shape index (κ1) is 16.4. The van der Waals surface area contributed by atoms with Crippen LogP contribution >= 0.6 is 11.3 Å². The first-order valence-electron chi connectivity index (χ1n) is 7.81. The summed E-state index contributed by atoms with van der Waals surface area (Å²) in [7, 11) is 0. The summed E-state index contributed by atoms with van der Waals surface area (Å²) in [6, 6.07) is 5.84. The first-order valence-corrected chi connectivity index (χ1v) is 8.69. The number of hydrogen-bond acceptors (Lipinski definition) is 5. The lowest BCUT2D eigenvalue weighted by molar-refractivity contribution is 0.0955. The minimum atomic E-state index is -0.0862. The Morgan fingerprint density at radius 3 is 2.75 bits per heavy atom. The number of amides is 1. The molecule has 0 saturated carbocycles. The molecule has 3 N–H and O–H groups in total. The van der Waals surface area contributed by atoms with Crippen LogP contribution in [0.3, 0.4) is 0 Å². The quantitative estimate of drug-likeness (QED) is 0.764. The van der Waals surface area contributed by atoms with Crippen LogP contribution in [-0.4, -0.2) is 22.4 Å². The molecule has 0 aliphatic rings. The van der Waals surface area contributed by atoms with Gasteiger partial charge in [-0.05, 0) is 38.0 Å². The van der Waals surface area contributed by atoms with Crippen molar-refractivity contribution in [3.8, 4) is 0 Å². The molecule has 0 radical (unpaired) electrons. The Kier molecular flexibility index (Phi) is 4.49. The summed E-state index contributed by atoms with van der Waals surface area (Å²) < 4.78 is 0. The standard InChI is InChI=1S/C18H20N4OS/c1-10-4-5-14-15(8-11(2)21-16(14)12(10)3)17(23)20-7-6-13-9-24-18(19)22-13/h4-5,8-9H,6-7H2,1-3H3,(H2,19,22)(H,20,23). The van der Waals surface area contributed by atoms with Gasteiger partial charge in [-0.1, -0.05) is 12.1 Å². The lowest BCUT2D eigenvalue weighted by Crippen LogP contribution is -2.26. The summed E-state index contributed by atoms with van der Waals surface area (Å²) in [5, 5.41) is 6.33. The molecule has 3 aromatic rings. The van der Waals surface area contributed by atoms with Gasteiger partial charge in [-0.2, -0.15) is 0 Å². The van der Waals surface area contributed by atoms with Crippen LogP contribution < -0.4 is 11.1 Å². The van der Waals surface area contributed by atoms with Gasteiger partial charge in [0.1, 0.15) is 0 Å². The number of pyridine rings is 1. The Hall–Kier alpha value is -2.47. The van der Waals surface area contributed by atoms with Crippen LogP contribution in [0.2, 0.25) is 0 Å². The molecule has 1 aromatic carbocycles. The molecular formula is C18H20N4OS. The van der Waals surface area contributed by atoms with Crippen LogP contribution in [0.5, 0.6) is 0 Å². The second-order valence-corrected chi connectivity index (χ2v) is 6.79. The highest BCUT2D eigenvalue weighted by molar-refractivity contribution is 7.13. The molecule has 0 bridgehead atoms. The van der Waals surface area contributed by atoms with Gasteiger partial charge in [0, 0.05) is 29.4 Å². The Morgan fingerprint density at radius 1 is 1.25 bits per heavy atom. The molecule has 2 aromatic heterocycles. The van der Waals surface area contributed by atoms with E-state index in [4.69, 9.17) is 5.73 Å². The molecule has 0 aliphatic heterocycles. The van der Waals surface area contributed by atoms with Crippen molar-refractivity contribution in [2.24, 2.45) is 0 Å². The topological polar surface area (TPSA) is 80.9 Å². The van der Waals surface area contributed by atoms with E-state index in [-0.39, 0.29) is 5.91 Å². The lowest BCUT2D eigenvalue weighted by atomic mass is 10.0.